The van der Waals surface area contributed by atoms with E-state index in [1.54, 1.807) is 11.3 Å². The number of ketones is 1. The smallest absolute Gasteiger partial charge is 0.167 e. The number of thiazole rings is 1. The molecule has 3 aromatic carbocycles. The molecule has 0 fully saturated rings. The van der Waals surface area contributed by atoms with Crippen LogP contribution in [-0.2, 0) is 4.79 Å². The first-order chi connectivity index (χ1) is 17.4. The van der Waals surface area contributed by atoms with Crippen LogP contribution in [0.1, 0.15) is 44.1 Å². The Labute approximate surface area is 217 Å². The summed E-state index contributed by atoms with van der Waals surface area (Å²) in [6, 6.07) is 24.5. The second-order valence-electron chi connectivity index (χ2n) is 10.3. The maximum absolute atomic E-state index is 13.6. The van der Waals surface area contributed by atoms with Gasteiger partial charge in [0.05, 0.1) is 10.2 Å². The van der Waals surface area contributed by atoms with Crippen molar-refractivity contribution in [1.82, 2.24) is 4.98 Å². The molecule has 1 N–H and O–H groups in total. The molecule has 0 radical (unpaired) electrons. The molecule has 3 heterocycles. The van der Waals surface area contributed by atoms with Crippen molar-refractivity contribution in [1.29, 1.82) is 0 Å². The molecule has 1 aliphatic heterocycles. The Morgan fingerprint density at radius 3 is 2.72 bits per heavy atom. The molecule has 0 saturated heterocycles. The first kappa shape index (κ1) is 21.9. The molecule has 4 nitrogen and oxygen atoms in total. The first-order valence-electron chi connectivity index (χ1n) is 12.1. The average molecular weight is 509 g/mol. The molecule has 36 heavy (non-hydrogen) atoms. The molecule has 0 amide bonds. The first-order valence-corrected chi connectivity index (χ1v) is 13.8. The molecule has 1 atom stereocenters. The molecule has 0 saturated carbocycles. The number of carbonyl (C=O) groups is 1. The summed E-state index contributed by atoms with van der Waals surface area (Å²) in [6.45, 7) is 4.38. The Morgan fingerprint density at radius 1 is 1.00 bits per heavy atom. The lowest BCUT2D eigenvalue weighted by atomic mass is 9.68. The number of anilines is 1. The van der Waals surface area contributed by atoms with Crippen molar-refractivity contribution in [3.63, 3.8) is 0 Å². The zero-order chi connectivity index (χ0) is 24.4. The van der Waals surface area contributed by atoms with Crippen molar-refractivity contribution >= 4 is 61.1 Å². The van der Waals surface area contributed by atoms with E-state index in [1.807, 2.05) is 30.3 Å². The van der Waals surface area contributed by atoms with E-state index in [2.05, 4.69) is 61.6 Å². The van der Waals surface area contributed by atoms with Crippen molar-refractivity contribution in [2.24, 2.45) is 5.41 Å². The van der Waals surface area contributed by atoms with Crippen LogP contribution < -0.4 is 5.32 Å². The molecule has 2 aromatic heterocycles. The summed E-state index contributed by atoms with van der Waals surface area (Å²) in [7, 11) is 0. The summed E-state index contributed by atoms with van der Waals surface area (Å²) in [6.07, 6.45) is 1.40. The number of furan rings is 1. The van der Waals surface area contributed by atoms with Crippen LogP contribution in [0.5, 0.6) is 0 Å². The fourth-order valence-electron chi connectivity index (χ4n) is 5.58. The van der Waals surface area contributed by atoms with Gasteiger partial charge >= 0.3 is 0 Å². The number of rotatable bonds is 3. The highest BCUT2D eigenvalue weighted by atomic mass is 32.2. The van der Waals surface area contributed by atoms with Gasteiger partial charge < -0.3 is 9.73 Å². The van der Waals surface area contributed by atoms with E-state index in [0.717, 1.165) is 54.2 Å². The molecular weight excluding hydrogens is 484 g/mol. The number of allylic oxidation sites excluding steroid dienone is 1. The molecule has 7 rings (SSSR count). The number of Topliss-reactive ketones (excluding diaryl/α,β-unsaturated/α-hetero) is 1. The number of benzene rings is 3. The van der Waals surface area contributed by atoms with Crippen LogP contribution in [0.3, 0.4) is 0 Å². The highest BCUT2D eigenvalue weighted by Crippen LogP contribution is 2.52. The van der Waals surface area contributed by atoms with Crippen molar-refractivity contribution in [2.45, 2.75) is 42.2 Å². The number of hydrogen-bond acceptors (Lipinski definition) is 6. The lowest BCUT2D eigenvalue weighted by Gasteiger charge is -2.39. The summed E-state index contributed by atoms with van der Waals surface area (Å²) < 4.78 is 8.46. The zero-order valence-electron chi connectivity index (χ0n) is 20.0. The Morgan fingerprint density at radius 2 is 1.83 bits per heavy atom. The normalized spacial score (nSPS) is 18.8. The molecule has 1 aliphatic carbocycles. The van der Waals surface area contributed by atoms with Gasteiger partial charge in [-0.25, -0.2) is 4.98 Å². The van der Waals surface area contributed by atoms with Crippen molar-refractivity contribution in [3.8, 4) is 0 Å². The van der Waals surface area contributed by atoms with Gasteiger partial charge in [0.15, 0.2) is 15.2 Å². The predicted molar refractivity (Wildman–Crippen MR) is 148 cm³/mol. The van der Waals surface area contributed by atoms with Crippen LogP contribution >= 0.6 is 23.1 Å². The van der Waals surface area contributed by atoms with E-state index in [-0.39, 0.29) is 17.2 Å². The SMILES string of the molecule is CC1(C)CC(=O)C2=C(C1)c1c(ccc3ccccc13)NC2c1ccc(Sc2nc3ccccc3s2)o1. The van der Waals surface area contributed by atoms with Gasteiger partial charge in [-0.1, -0.05) is 56.3 Å². The fraction of sp³-hybridized carbons (Fsp3) is 0.200. The minimum absolute atomic E-state index is 0.0803. The Balaban J connectivity index is 1.31. The number of nitrogens with one attached hydrogen (secondary N) is 1. The third kappa shape index (κ3) is 3.59. The average Bonchev–Trinajstić information content (AvgIpc) is 3.49. The van der Waals surface area contributed by atoms with E-state index in [4.69, 9.17) is 9.40 Å². The summed E-state index contributed by atoms with van der Waals surface area (Å²) in [5.74, 6) is 0.965. The third-order valence-electron chi connectivity index (χ3n) is 7.09. The summed E-state index contributed by atoms with van der Waals surface area (Å²) in [5, 5.41) is 6.82. The topological polar surface area (TPSA) is 55.1 Å². The van der Waals surface area contributed by atoms with Gasteiger partial charge in [0.1, 0.15) is 11.8 Å². The number of aromatic nitrogens is 1. The van der Waals surface area contributed by atoms with E-state index < -0.39 is 0 Å². The zero-order valence-corrected chi connectivity index (χ0v) is 21.6. The standard InChI is InChI=1S/C30H24N2O2S2/c1-30(2)15-19-26-18-8-4-3-7-17(18)11-12-21(26)31-28(27(19)22(33)16-30)23-13-14-25(34-23)36-29-32-20-9-5-6-10-24(20)35-29/h3-14,28,31H,15-16H2,1-2H3. The number of nitrogens with zero attached hydrogens (tertiary/aromatic N) is 1. The number of hydrogen-bond donors (Lipinski definition) is 1. The minimum atomic E-state index is -0.304. The van der Waals surface area contributed by atoms with Gasteiger partial charge in [-0.05, 0) is 70.3 Å². The second-order valence-corrected chi connectivity index (χ2v) is 12.6. The maximum Gasteiger partial charge on any atom is 0.167 e. The van der Waals surface area contributed by atoms with Crippen LogP contribution in [0, 0.1) is 5.41 Å². The summed E-state index contributed by atoms with van der Waals surface area (Å²) in [5.41, 5.74) is 5.14. The van der Waals surface area contributed by atoms with Gasteiger partial charge in [-0.15, -0.1) is 11.3 Å². The molecule has 2 aliphatic rings. The van der Waals surface area contributed by atoms with Crippen LogP contribution in [0.25, 0.3) is 26.6 Å². The van der Waals surface area contributed by atoms with Crippen molar-refractivity contribution in [2.75, 3.05) is 5.32 Å². The van der Waals surface area contributed by atoms with E-state index in [0.29, 0.717) is 6.42 Å². The van der Waals surface area contributed by atoms with Gasteiger partial charge in [0.25, 0.3) is 0 Å². The van der Waals surface area contributed by atoms with Crippen LogP contribution in [0.15, 0.2) is 92.2 Å². The number of para-hydroxylation sites is 1. The summed E-state index contributed by atoms with van der Waals surface area (Å²) >= 11 is 3.19. The highest BCUT2D eigenvalue weighted by molar-refractivity contribution is 8.01. The lowest BCUT2D eigenvalue weighted by Crippen LogP contribution is -2.33. The minimum Gasteiger partial charge on any atom is -0.452 e. The van der Waals surface area contributed by atoms with Crippen LogP contribution in [-0.4, -0.2) is 10.8 Å². The van der Waals surface area contributed by atoms with Crippen molar-refractivity contribution in [3.05, 3.63) is 89.7 Å². The van der Waals surface area contributed by atoms with E-state index in [9.17, 15) is 4.79 Å². The Bertz CT molecular complexity index is 1680. The Kier molecular flexibility index (Phi) is 4.92. The number of carbonyl (C=O) groups excluding carboxylic acids is 1. The molecular formula is C30H24N2O2S2. The quantitative estimate of drug-likeness (QED) is 0.265. The lowest BCUT2D eigenvalue weighted by molar-refractivity contribution is -0.118. The summed E-state index contributed by atoms with van der Waals surface area (Å²) in [4.78, 5) is 18.3. The highest BCUT2D eigenvalue weighted by Gasteiger charge is 2.41. The second kappa shape index (κ2) is 8.08. The molecule has 6 heteroatoms. The van der Waals surface area contributed by atoms with E-state index >= 15 is 0 Å². The van der Waals surface area contributed by atoms with Gasteiger partial charge in [-0.3, -0.25) is 4.79 Å². The van der Waals surface area contributed by atoms with E-state index in [1.165, 1.54) is 22.5 Å². The monoisotopic (exact) mass is 508 g/mol. The predicted octanol–water partition coefficient (Wildman–Crippen LogP) is 8.50. The molecule has 178 valence electrons. The molecule has 1 unspecified atom stereocenters. The molecule has 5 aromatic rings. The third-order valence-corrected chi connectivity index (χ3v) is 9.11. The molecule has 0 spiro atoms. The van der Waals surface area contributed by atoms with Gasteiger partial charge in [-0.2, -0.15) is 0 Å². The fourth-order valence-corrected chi connectivity index (χ4v) is 7.55. The van der Waals surface area contributed by atoms with Gasteiger partial charge in [0, 0.05) is 23.2 Å². The maximum atomic E-state index is 13.6. The van der Waals surface area contributed by atoms with Crippen LogP contribution in [0.4, 0.5) is 5.69 Å². The van der Waals surface area contributed by atoms with Crippen LogP contribution in [0.2, 0.25) is 0 Å². The number of fused-ring (bicyclic) bond motifs is 5. The Hall–Kier alpha value is -3.35. The largest absolute Gasteiger partial charge is 0.452 e. The molecule has 0 bridgehead atoms. The van der Waals surface area contributed by atoms with Gasteiger partial charge in [0.2, 0.25) is 0 Å². The van der Waals surface area contributed by atoms with Crippen molar-refractivity contribution < 1.29 is 9.21 Å².